The molecule has 20 atom stereocenters. The number of sulfonamides is 1. The highest BCUT2D eigenvalue weighted by Gasteiger charge is 2.55. The Morgan fingerprint density at radius 3 is 0.952 bits per heavy atom. The lowest BCUT2D eigenvalue weighted by atomic mass is 9.62. The number of carbonyl (C=O) groups excluding carboxylic acids is 3. The fraction of sp³-hybridized carbons (Fsp3) is 0.647. The van der Waals surface area contributed by atoms with Gasteiger partial charge in [0.05, 0.1) is 118 Å². The van der Waals surface area contributed by atoms with Crippen molar-refractivity contribution in [3.8, 4) is 17.2 Å². The number of aliphatic hydroxyl groups is 3. The molecule has 147 heavy (non-hydrogen) atoms. The van der Waals surface area contributed by atoms with Gasteiger partial charge in [-0.2, -0.15) is 0 Å². The second-order valence-electron chi connectivity index (χ2n) is 47.1. The van der Waals surface area contributed by atoms with Crippen molar-refractivity contribution >= 4 is 111 Å². The van der Waals surface area contributed by atoms with Crippen molar-refractivity contribution < 1.29 is 75.0 Å². The summed E-state index contributed by atoms with van der Waals surface area (Å²) in [5.74, 6) is 10.3. The molecule has 15 aliphatic rings. The van der Waals surface area contributed by atoms with E-state index in [1.54, 1.807) is 25.1 Å². The summed E-state index contributed by atoms with van der Waals surface area (Å²) >= 11 is 19.4. The summed E-state index contributed by atoms with van der Waals surface area (Å²) in [6, 6.07) is 35.3. The van der Waals surface area contributed by atoms with Crippen molar-refractivity contribution in [1.29, 1.82) is 0 Å². The van der Waals surface area contributed by atoms with Gasteiger partial charge in [0.25, 0.3) is 17.7 Å². The van der Waals surface area contributed by atoms with Crippen LogP contribution in [0.5, 0.6) is 17.2 Å². The summed E-state index contributed by atoms with van der Waals surface area (Å²) in [6.07, 6.45) is 24.1. The Labute approximate surface area is 889 Å². The molecule has 0 aromatic heterocycles. The van der Waals surface area contributed by atoms with E-state index in [-0.39, 0.29) is 80.0 Å². The number of hydrogen-bond donors (Lipinski definition) is 6. The molecule has 3 amide bonds. The summed E-state index contributed by atoms with van der Waals surface area (Å²) in [5.41, 5.74) is 8.29. The van der Waals surface area contributed by atoms with E-state index >= 15 is 0 Å². The standard InChI is InChI=1S/2C39H54ClN3O5S.C38H52ClN3O6S/c2*1-27-6-4-15-39(45,16-17-42-18-20-47-21-19-42)34-11-8-31(34)24-43-25-38(14-5-7-29-22-32(40)10-12-33(29)38)26-48-36-13-9-30(23-35(36)43)37(44)41-49(3,46)28(27)2;1-26-5-3-14-38(44,15-16-41-17-19-47-20-18-41)33-10-7-30(33)23-42-24-37(13-4-6-28-21-31(39)9-11-32(28)37)25-48-35-12-8-29(22-34(35)42)36(43)40-49(45,46)27(26)2/h2*9-10,12-13,22-23,27-28,31,34,45H,3-8,11,14-21,24-26H2,1-2H3,(H,41,44,46);8-9,11-12,21-22,26-27,30,33,44H,3-7,10,13-20,23-25H2,1-2H3,(H,40,43)/t2*27-,28+,31-,34+,38-,39-,49?;26-,27+,30-,33+,37-,38+/m000/s1. The maximum Gasteiger partial charge on any atom is 0.264 e. The van der Waals surface area contributed by atoms with Crippen molar-refractivity contribution in [1.82, 2.24) is 28.9 Å². The number of rotatable bonds is 9. The molecule has 6 fully saturated rings. The summed E-state index contributed by atoms with van der Waals surface area (Å²) in [7, 11) is -9.80. The van der Waals surface area contributed by atoms with Crippen LogP contribution in [0, 0.1) is 53.3 Å². The molecule has 6 bridgehead atoms. The first-order chi connectivity index (χ1) is 70.4. The van der Waals surface area contributed by atoms with Crippen LogP contribution in [0.15, 0.2) is 109 Å². The molecule has 25 nitrogen and oxygen atoms in total. The predicted molar refractivity (Wildman–Crippen MR) is 589 cm³/mol. The van der Waals surface area contributed by atoms with Crippen LogP contribution in [0.2, 0.25) is 15.1 Å². The number of aryl methyl sites for hydroxylation is 3. The van der Waals surface area contributed by atoms with Gasteiger partial charge in [-0.3, -0.25) is 38.5 Å². The lowest BCUT2D eigenvalue weighted by molar-refractivity contribution is -0.100. The number of halogens is 3. The quantitative estimate of drug-likeness (QED) is 0.0733. The number of fused-ring (bicyclic) bond motifs is 12. The number of amides is 3. The SMILES string of the molecule is C=S1(=O)NC(=O)c2ccc3c(c2)N(C[C@@H]2CC[C@H]2[C@@](O)(CCN2CCOCC2)CCC[C@H](C)[C@H]1C)C[C@@]1(CCCc2cc(Cl)ccc21)CO3.C=S1(=O)NC(=O)c2ccc3c(c2)N(C[C@@H]2CC[C@H]2[C@@](O)(CCN2CCOCC2)CCC[C@H](C)[C@H]1C)C[C@@]1(CCCc2cc(Cl)ccc21)CO3.C[C@@H]1[C@@H](C)CCC[C@@](O)(CCN2CCOCC2)[C@@H]2CC[C@H]2CN2C[C@@]3(CCCc4cc(Cl)ccc43)COc3ccc(cc32)C(=O)NS1(=O)=O. The molecule has 3 saturated carbocycles. The Hall–Kier alpha value is -6.97. The largest absolute Gasteiger partial charge is 0.490 e. The van der Waals surface area contributed by atoms with Gasteiger partial charge in [0.1, 0.15) is 17.2 Å². The Morgan fingerprint density at radius 2 is 0.660 bits per heavy atom. The molecule has 21 rings (SSSR count). The zero-order valence-electron chi connectivity index (χ0n) is 87.5. The highest BCUT2D eigenvalue weighted by molar-refractivity contribution is 7.99. The Bertz CT molecular complexity index is 5520. The number of anilines is 3. The first-order valence-corrected chi connectivity index (χ1v) is 61.6. The number of ether oxygens (including phenoxy) is 6. The van der Waals surface area contributed by atoms with Gasteiger partial charge in [0, 0.05) is 157 Å². The number of benzene rings is 6. The van der Waals surface area contributed by atoms with Gasteiger partial charge in [-0.05, 0) is 364 Å². The second kappa shape index (κ2) is 45.2. The highest BCUT2D eigenvalue weighted by Crippen LogP contribution is 2.56. The van der Waals surface area contributed by atoms with Gasteiger partial charge in [0.2, 0.25) is 10.0 Å². The van der Waals surface area contributed by atoms with E-state index in [4.69, 9.17) is 63.2 Å². The van der Waals surface area contributed by atoms with Crippen LogP contribution in [0.3, 0.4) is 0 Å². The van der Waals surface area contributed by atoms with Gasteiger partial charge in [-0.15, -0.1) is 0 Å². The first kappa shape index (κ1) is 108. The minimum atomic E-state index is -3.93. The predicted octanol–water partition coefficient (Wildman–Crippen LogP) is 17.3. The number of nitrogens with zero attached hydrogens (tertiary/aromatic N) is 6. The van der Waals surface area contributed by atoms with E-state index in [9.17, 15) is 46.5 Å². The lowest BCUT2D eigenvalue weighted by Gasteiger charge is -2.51. The molecule has 6 aromatic rings. The first-order valence-electron chi connectivity index (χ1n) is 55.3. The summed E-state index contributed by atoms with van der Waals surface area (Å²) in [4.78, 5) is 55.5. The maximum absolute atomic E-state index is 13.9. The Kier molecular flexibility index (Phi) is 33.3. The second-order valence-corrected chi connectivity index (χ2v) is 55.3. The van der Waals surface area contributed by atoms with Crippen LogP contribution >= 0.6 is 34.8 Å². The van der Waals surface area contributed by atoms with Gasteiger partial charge >= 0.3 is 0 Å². The van der Waals surface area contributed by atoms with E-state index in [2.05, 4.69) is 106 Å². The van der Waals surface area contributed by atoms with Crippen molar-refractivity contribution in [3.05, 3.63) is 174 Å². The van der Waals surface area contributed by atoms with Crippen LogP contribution in [-0.2, 0) is 79.2 Å². The van der Waals surface area contributed by atoms with Crippen molar-refractivity contribution in [3.63, 3.8) is 0 Å². The topological polar surface area (TPSA) is 291 Å². The van der Waals surface area contributed by atoms with Crippen LogP contribution in [0.4, 0.5) is 17.1 Å². The van der Waals surface area contributed by atoms with Crippen molar-refractivity contribution in [2.75, 3.05) is 172 Å². The number of nitrogens with one attached hydrogen (secondary N) is 3. The molecule has 2 unspecified atom stereocenters. The summed E-state index contributed by atoms with van der Waals surface area (Å²) in [5, 5.41) is 38.8. The molecule has 0 radical (unpaired) electrons. The summed E-state index contributed by atoms with van der Waals surface area (Å²) in [6.45, 7) is 30.0. The third-order valence-corrected chi connectivity index (χ3v) is 45.2. The molecule has 6 aromatic carbocycles. The average Bonchev–Trinajstić information content (AvgIpc) is 1.65. The van der Waals surface area contributed by atoms with Gasteiger partial charge in [0.15, 0.2) is 0 Å². The van der Waals surface area contributed by atoms with E-state index in [0.29, 0.717) is 92.7 Å². The minimum Gasteiger partial charge on any atom is -0.490 e. The van der Waals surface area contributed by atoms with E-state index in [1.165, 1.54) is 33.4 Å². The molecule has 3 spiro atoms. The third-order valence-electron chi connectivity index (χ3n) is 38.1. The molecule has 31 heteroatoms. The zero-order valence-corrected chi connectivity index (χ0v) is 92.2. The average molecular weight is 2140 g/mol. The third kappa shape index (κ3) is 23.7. The Balaban J connectivity index is 0.000000139. The number of hydrogen-bond acceptors (Lipinski definition) is 22. The molecule has 804 valence electrons. The van der Waals surface area contributed by atoms with Crippen molar-refractivity contribution in [2.45, 2.75) is 264 Å². The molecule has 9 heterocycles. The molecule has 9 aliphatic heterocycles. The zero-order chi connectivity index (χ0) is 103. The smallest absolute Gasteiger partial charge is 0.264 e. The fourth-order valence-corrected chi connectivity index (χ4v) is 32.9. The number of morpholine rings is 3. The molecular weight excluding hydrogens is 1980 g/mol. The highest BCUT2D eigenvalue weighted by atomic mass is 35.5. The van der Waals surface area contributed by atoms with Crippen LogP contribution < -0.4 is 43.1 Å². The van der Waals surface area contributed by atoms with Crippen molar-refractivity contribution in [2.24, 2.45) is 53.3 Å². The van der Waals surface area contributed by atoms with Crippen LogP contribution in [0.1, 0.15) is 260 Å². The van der Waals surface area contributed by atoms with Crippen LogP contribution in [-0.4, -0.2) is 267 Å². The fourth-order valence-electron chi connectivity index (χ4n) is 28.0. The van der Waals surface area contributed by atoms with Gasteiger partial charge < -0.3 is 58.4 Å². The monoisotopic (exact) mass is 2140 g/mol. The molecular formula is C116H160Cl3N9O16S3. The minimum absolute atomic E-state index is 0.0688. The van der Waals surface area contributed by atoms with E-state index in [1.807, 2.05) is 75.4 Å². The Morgan fingerprint density at radius 1 is 0.367 bits per heavy atom. The molecule has 6 aliphatic carbocycles. The molecule has 3 saturated heterocycles. The summed E-state index contributed by atoms with van der Waals surface area (Å²) < 4.78 is 99.6. The van der Waals surface area contributed by atoms with E-state index < -0.39 is 57.4 Å². The van der Waals surface area contributed by atoms with Crippen LogP contribution in [0.25, 0.3) is 0 Å². The number of carbonyl (C=O) groups is 3. The van der Waals surface area contributed by atoms with E-state index in [0.717, 1.165) is 316 Å². The van der Waals surface area contributed by atoms with Gasteiger partial charge in [-0.1, -0.05) is 93.0 Å². The molecule has 6 N–H and O–H groups in total. The normalized spacial score (nSPS) is 35.0. The lowest BCUT2D eigenvalue weighted by Crippen LogP contribution is -2.54. The van der Waals surface area contributed by atoms with Gasteiger partial charge in [-0.25, -0.2) is 21.6 Å². The maximum atomic E-state index is 13.9.